The molecule has 0 saturated heterocycles. The highest BCUT2D eigenvalue weighted by Gasteiger charge is 2.09. The molecule has 0 radical (unpaired) electrons. The fourth-order valence-corrected chi connectivity index (χ4v) is 2.53. The highest BCUT2D eigenvalue weighted by molar-refractivity contribution is 5.90. The highest BCUT2D eigenvalue weighted by Crippen LogP contribution is 2.18. The fraction of sp³-hybridized carbons (Fsp3) is 0.211. The lowest BCUT2D eigenvalue weighted by Gasteiger charge is -2.08. The van der Waals surface area contributed by atoms with Crippen LogP contribution in [0.25, 0.3) is 5.69 Å². The maximum absolute atomic E-state index is 14.1. The number of carbonyl (C=O) groups excluding carboxylic acids is 1. The number of rotatable bonds is 6. The molecule has 1 amide bonds. The summed E-state index contributed by atoms with van der Waals surface area (Å²) in [5, 5.41) is 6.62. The first-order valence-corrected chi connectivity index (χ1v) is 8.18. The van der Waals surface area contributed by atoms with Gasteiger partial charge in [0.05, 0.1) is 0 Å². The van der Waals surface area contributed by atoms with Crippen LogP contribution in [0.3, 0.4) is 0 Å². The van der Waals surface area contributed by atoms with Crippen molar-refractivity contribution >= 4 is 11.6 Å². The van der Waals surface area contributed by atoms with E-state index in [-0.39, 0.29) is 11.6 Å². The van der Waals surface area contributed by atoms with Crippen molar-refractivity contribution in [1.29, 1.82) is 0 Å². The Kier molecular flexibility index (Phi) is 5.18. The molecule has 0 atom stereocenters. The third-order valence-electron chi connectivity index (χ3n) is 3.97. The van der Waals surface area contributed by atoms with Crippen LogP contribution in [0, 0.1) is 5.82 Å². The van der Waals surface area contributed by atoms with Crippen LogP contribution < -0.4 is 5.32 Å². The molecular formula is C19H19FN4O. The molecule has 3 aromatic rings. The van der Waals surface area contributed by atoms with E-state index in [0.717, 1.165) is 12.0 Å². The molecule has 1 N–H and O–H groups in total. The number of nitrogens with one attached hydrogen (secondary N) is 1. The maximum Gasteiger partial charge on any atom is 0.224 e. The van der Waals surface area contributed by atoms with Crippen LogP contribution in [0.5, 0.6) is 0 Å². The van der Waals surface area contributed by atoms with Gasteiger partial charge in [-0.15, -0.1) is 0 Å². The van der Waals surface area contributed by atoms with E-state index in [1.807, 2.05) is 12.1 Å². The molecule has 0 unspecified atom stereocenters. The molecule has 0 aliphatic carbocycles. The Hall–Kier alpha value is -3.02. The van der Waals surface area contributed by atoms with Gasteiger partial charge in [-0.2, -0.15) is 5.10 Å². The first kappa shape index (κ1) is 16.8. The highest BCUT2D eigenvalue weighted by atomic mass is 19.1. The SMILES string of the molecule is CCc1ccc(CCC(=O)Nc2ccc(-n3cncn3)c(F)c2)cc1. The van der Waals surface area contributed by atoms with Gasteiger partial charge in [0, 0.05) is 12.1 Å². The summed E-state index contributed by atoms with van der Waals surface area (Å²) in [6.07, 6.45) is 4.74. The normalized spacial score (nSPS) is 10.6. The lowest BCUT2D eigenvalue weighted by molar-refractivity contribution is -0.116. The predicted octanol–water partition coefficient (Wildman–Crippen LogP) is 3.54. The van der Waals surface area contributed by atoms with Gasteiger partial charge in [-0.1, -0.05) is 31.2 Å². The standard InChI is InChI=1S/C19H19FN4O/c1-2-14-3-5-15(6-4-14)7-10-19(25)23-16-8-9-18(17(20)11-16)24-13-21-12-22-24/h3-6,8-9,11-13H,2,7,10H2,1H3,(H,23,25). The van der Waals surface area contributed by atoms with E-state index in [2.05, 4.69) is 34.5 Å². The Morgan fingerprint density at radius 1 is 1.16 bits per heavy atom. The zero-order valence-electron chi connectivity index (χ0n) is 13.9. The summed E-state index contributed by atoms with van der Waals surface area (Å²) in [6, 6.07) is 12.7. The molecule has 3 rings (SSSR count). The third kappa shape index (κ3) is 4.29. The summed E-state index contributed by atoms with van der Waals surface area (Å²) < 4.78 is 15.5. The summed E-state index contributed by atoms with van der Waals surface area (Å²) in [4.78, 5) is 15.9. The number of benzene rings is 2. The molecule has 0 aliphatic rings. The number of anilines is 1. The molecule has 6 heteroatoms. The van der Waals surface area contributed by atoms with Gasteiger partial charge in [0.25, 0.3) is 0 Å². The van der Waals surface area contributed by atoms with Gasteiger partial charge in [-0.05, 0) is 42.2 Å². The second-order valence-corrected chi connectivity index (χ2v) is 5.72. The number of hydrogen-bond donors (Lipinski definition) is 1. The number of hydrogen-bond acceptors (Lipinski definition) is 3. The Labute approximate surface area is 145 Å². The first-order valence-electron chi connectivity index (χ1n) is 8.18. The minimum absolute atomic E-state index is 0.146. The van der Waals surface area contributed by atoms with Crippen molar-refractivity contribution < 1.29 is 9.18 Å². The van der Waals surface area contributed by atoms with E-state index in [9.17, 15) is 9.18 Å². The van der Waals surface area contributed by atoms with Crippen LogP contribution >= 0.6 is 0 Å². The average molecular weight is 338 g/mol. The summed E-state index contributed by atoms with van der Waals surface area (Å²) in [5.41, 5.74) is 3.09. The zero-order chi connectivity index (χ0) is 17.6. The monoisotopic (exact) mass is 338 g/mol. The van der Waals surface area contributed by atoms with Crippen molar-refractivity contribution in [1.82, 2.24) is 14.8 Å². The van der Waals surface area contributed by atoms with Gasteiger partial charge in [0.1, 0.15) is 18.3 Å². The van der Waals surface area contributed by atoms with Crippen molar-refractivity contribution in [2.24, 2.45) is 0 Å². The lowest BCUT2D eigenvalue weighted by Crippen LogP contribution is -2.13. The van der Waals surface area contributed by atoms with Gasteiger partial charge in [0.15, 0.2) is 5.82 Å². The number of amides is 1. The van der Waals surface area contributed by atoms with Crippen LogP contribution in [0.4, 0.5) is 10.1 Å². The van der Waals surface area contributed by atoms with E-state index in [1.165, 1.54) is 29.0 Å². The first-order chi connectivity index (χ1) is 12.2. The van der Waals surface area contributed by atoms with Gasteiger partial charge >= 0.3 is 0 Å². The molecule has 1 aromatic heterocycles. The van der Waals surface area contributed by atoms with Crippen LogP contribution in [-0.2, 0) is 17.6 Å². The van der Waals surface area contributed by atoms with Crippen molar-refractivity contribution in [3.8, 4) is 5.69 Å². The maximum atomic E-state index is 14.1. The average Bonchev–Trinajstić information content (AvgIpc) is 3.15. The topological polar surface area (TPSA) is 59.8 Å². The summed E-state index contributed by atoms with van der Waals surface area (Å²) in [6.45, 7) is 2.11. The van der Waals surface area contributed by atoms with Crippen molar-refractivity contribution in [2.45, 2.75) is 26.2 Å². The Balaban J connectivity index is 1.58. The zero-order valence-corrected chi connectivity index (χ0v) is 13.9. The summed E-state index contributed by atoms with van der Waals surface area (Å²) >= 11 is 0. The van der Waals surface area contributed by atoms with E-state index < -0.39 is 5.82 Å². The fourth-order valence-electron chi connectivity index (χ4n) is 2.53. The number of nitrogens with zero attached hydrogens (tertiary/aromatic N) is 3. The second-order valence-electron chi connectivity index (χ2n) is 5.72. The molecule has 2 aromatic carbocycles. The lowest BCUT2D eigenvalue weighted by atomic mass is 10.1. The van der Waals surface area contributed by atoms with E-state index in [4.69, 9.17) is 0 Å². The van der Waals surface area contributed by atoms with Crippen molar-refractivity contribution in [3.63, 3.8) is 0 Å². The molecular weight excluding hydrogens is 319 g/mol. The molecule has 5 nitrogen and oxygen atoms in total. The summed E-state index contributed by atoms with van der Waals surface area (Å²) in [7, 11) is 0. The number of aromatic nitrogens is 3. The Morgan fingerprint density at radius 2 is 1.92 bits per heavy atom. The minimum Gasteiger partial charge on any atom is -0.326 e. The smallest absolute Gasteiger partial charge is 0.224 e. The molecule has 0 bridgehead atoms. The van der Waals surface area contributed by atoms with Crippen LogP contribution in [-0.4, -0.2) is 20.7 Å². The van der Waals surface area contributed by atoms with Gasteiger partial charge < -0.3 is 5.32 Å². The molecule has 128 valence electrons. The van der Waals surface area contributed by atoms with Crippen molar-refractivity contribution in [2.75, 3.05) is 5.32 Å². The van der Waals surface area contributed by atoms with Gasteiger partial charge in [-0.3, -0.25) is 4.79 Å². The van der Waals surface area contributed by atoms with Crippen LogP contribution in [0.15, 0.2) is 55.1 Å². The molecule has 25 heavy (non-hydrogen) atoms. The molecule has 0 fully saturated rings. The largest absolute Gasteiger partial charge is 0.326 e. The third-order valence-corrected chi connectivity index (χ3v) is 3.97. The minimum atomic E-state index is -0.474. The van der Waals surface area contributed by atoms with Gasteiger partial charge in [-0.25, -0.2) is 14.1 Å². The molecule has 0 spiro atoms. The van der Waals surface area contributed by atoms with Crippen LogP contribution in [0.1, 0.15) is 24.5 Å². The Bertz CT molecular complexity index is 844. The summed E-state index contributed by atoms with van der Waals surface area (Å²) in [5.74, 6) is -0.620. The number of halogens is 1. The number of aryl methyl sites for hydroxylation is 2. The predicted molar refractivity (Wildman–Crippen MR) is 94.1 cm³/mol. The molecule has 1 heterocycles. The van der Waals surface area contributed by atoms with E-state index in [0.29, 0.717) is 18.5 Å². The van der Waals surface area contributed by atoms with Crippen molar-refractivity contribution in [3.05, 3.63) is 72.1 Å². The molecule has 0 aliphatic heterocycles. The molecule has 0 saturated carbocycles. The van der Waals surface area contributed by atoms with E-state index in [1.54, 1.807) is 12.1 Å². The van der Waals surface area contributed by atoms with Crippen LogP contribution in [0.2, 0.25) is 0 Å². The Morgan fingerprint density at radius 3 is 2.56 bits per heavy atom. The van der Waals surface area contributed by atoms with Gasteiger partial charge in [0.2, 0.25) is 5.91 Å². The number of carbonyl (C=O) groups is 1. The van der Waals surface area contributed by atoms with E-state index >= 15 is 0 Å². The second kappa shape index (κ2) is 7.70. The quantitative estimate of drug-likeness (QED) is 0.748.